The van der Waals surface area contributed by atoms with E-state index >= 15 is 0 Å². The summed E-state index contributed by atoms with van der Waals surface area (Å²) in [6.45, 7) is 6.81. The second-order valence-electron chi connectivity index (χ2n) is 8.69. The Bertz CT molecular complexity index is 1180. The summed E-state index contributed by atoms with van der Waals surface area (Å²) < 4.78 is 30.4. The first kappa shape index (κ1) is 22.2. The van der Waals surface area contributed by atoms with E-state index in [-0.39, 0.29) is 12.7 Å². The zero-order valence-corrected chi connectivity index (χ0v) is 19.0. The van der Waals surface area contributed by atoms with Gasteiger partial charge in [-0.2, -0.15) is 4.39 Å². The molecule has 1 aliphatic rings. The van der Waals surface area contributed by atoms with Crippen molar-refractivity contribution in [2.75, 3.05) is 13.1 Å². The molecule has 32 heavy (non-hydrogen) atoms. The highest BCUT2D eigenvalue weighted by molar-refractivity contribution is 6.35. The third-order valence-electron chi connectivity index (χ3n) is 5.16. The molecule has 0 atom stereocenters. The lowest BCUT2D eigenvalue weighted by Crippen LogP contribution is -2.39. The number of furan rings is 1. The molecular weight excluding hydrogens is 433 g/mol. The van der Waals surface area contributed by atoms with Gasteiger partial charge in [-0.25, -0.2) is 4.79 Å². The minimum absolute atomic E-state index is 0.203. The number of carbonyl (C=O) groups excluding carboxylic acids is 1. The molecule has 0 spiro atoms. The third kappa shape index (κ3) is 4.91. The van der Waals surface area contributed by atoms with E-state index in [1.165, 1.54) is 6.07 Å². The molecule has 0 saturated carbocycles. The second kappa shape index (κ2) is 8.87. The molecule has 5 nitrogen and oxygen atoms in total. The van der Waals surface area contributed by atoms with E-state index < -0.39 is 11.6 Å². The minimum atomic E-state index is -0.684. The number of amides is 1. The number of hydrogen-bond acceptors (Lipinski definition) is 4. The third-order valence-corrected chi connectivity index (χ3v) is 5.49. The Morgan fingerprint density at radius 2 is 2.00 bits per heavy atom. The minimum Gasteiger partial charge on any atom is -0.488 e. The van der Waals surface area contributed by atoms with Crippen LogP contribution in [0.1, 0.15) is 38.3 Å². The van der Waals surface area contributed by atoms with E-state index in [0.717, 1.165) is 11.1 Å². The topological polar surface area (TPSA) is 51.9 Å². The van der Waals surface area contributed by atoms with Crippen LogP contribution in [-0.4, -0.2) is 29.7 Å². The van der Waals surface area contributed by atoms with Crippen molar-refractivity contribution in [1.82, 2.24) is 4.90 Å². The van der Waals surface area contributed by atoms with Gasteiger partial charge in [-0.3, -0.25) is 0 Å². The van der Waals surface area contributed by atoms with Crippen LogP contribution in [0.5, 0.6) is 5.75 Å². The molecule has 0 bridgehead atoms. The van der Waals surface area contributed by atoms with Gasteiger partial charge in [-0.05, 0) is 44.9 Å². The standard InChI is InChI=1S/C25H25ClFNO4/c1-25(2,3)32-24(29)28-12-10-16(11-13-28)18-6-4-5-7-21(18)30-15-17-8-9-20(26)19-14-22(27)31-23(17)19/h4-10,14H,11-13,15H2,1-3H3. The largest absolute Gasteiger partial charge is 0.488 e. The summed E-state index contributed by atoms with van der Waals surface area (Å²) >= 11 is 6.14. The van der Waals surface area contributed by atoms with Gasteiger partial charge in [0.25, 0.3) is 6.01 Å². The molecule has 0 saturated heterocycles. The van der Waals surface area contributed by atoms with Crippen molar-refractivity contribution in [3.8, 4) is 5.75 Å². The second-order valence-corrected chi connectivity index (χ2v) is 9.10. The molecule has 7 heteroatoms. The van der Waals surface area contributed by atoms with Gasteiger partial charge in [0.15, 0.2) is 0 Å². The molecule has 3 aromatic rings. The van der Waals surface area contributed by atoms with Crippen LogP contribution in [0.15, 0.2) is 53.0 Å². The van der Waals surface area contributed by atoms with Crippen molar-refractivity contribution in [2.24, 2.45) is 0 Å². The van der Waals surface area contributed by atoms with Crippen molar-refractivity contribution >= 4 is 34.2 Å². The Morgan fingerprint density at radius 1 is 1.22 bits per heavy atom. The van der Waals surface area contributed by atoms with Gasteiger partial charge < -0.3 is 18.8 Å². The lowest BCUT2D eigenvalue weighted by atomic mass is 9.98. The van der Waals surface area contributed by atoms with Crippen LogP contribution >= 0.6 is 11.6 Å². The van der Waals surface area contributed by atoms with Gasteiger partial charge in [0.2, 0.25) is 0 Å². The number of ether oxygens (including phenoxy) is 2. The number of hydrogen-bond donors (Lipinski definition) is 0. The van der Waals surface area contributed by atoms with Crippen molar-refractivity contribution in [3.63, 3.8) is 0 Å². The summed E-state index contributed by atoms with van der Waals surface area (Å²) in [5, 5.41) is 0.953. The fourth-order valence-corrected chi connectivity index (χ4v) is 3.85. The molecule has 0 aliphatic carbocycles. The first-order valence-electron chi connectivity index (χ1n) is 10.5. The van der Waals surface area contributed by atoms with Crippen LogP contribution < -0.4 is 4.74 Å². The van der Waals surface area contributed by atoms with E-state index in [4.69, 9.17) is 25.5 Å². The number of para-hydroxylation sites is 1. The smallest absolute Gasteiger partial charge is 0.410 e. The quantitative estimate of drug-likeness (QED) is 0.431. The first-order valence-corrected chi connectivity index (χ1v) is 10.8. The zero-order chi connectivity index (χ0) is 22.9. The lowest BCUT2D eigenvalue weighted by molar-refractivity contribution is 0.0270. The summed E-state index contributed by atoms with van der Waals surface area (Å²) in [6, 6.07) is 11.8. The maximum absolute atomic E-state index is 13.6. The summed E-state index contributed by atoms with van der Waals surface area (Å²) in [5.74, 6) is 0.708. The summed E-state index contributed by atoms with van der Waals surface area (Å²) in [7, 11) is 0. The van der Waals surface area contributed by atoms with Gasteiger partial charge >= 0.3 is 6.09 Å². The molecule has 1 aromatic heterocycles. The van der Waals surface area contributed by atoms with Crippen LogP contribution in [0.3, 0.4) is 0 Å². The van der Waals surface area contributed by atoms with E-state index in [1.54, 1.807) is 17.0 Å². The molecule has 0 fully saturated rings. The lowest BCUT2D eigenvalue weighted by Gasteiger charge is -2.30. The summed E-state index contributed by atoms with van der Waals surface area (Å²) in [5.41, 5.74) is 2.64. The highest BCUT2D eigenvalue weighted by Gasteiger charge is 2.24. The maximum atomic E-state index is 13.6. The monoisotopic (exact) mass is 457 g/mol. The number of carbonyl (C=O) groups is 1. The fraction of sp³-hybridized carbons (Fsp3) is 0.320. The number of rotatable bonds is 4. The van der Waals surface area contributed by atoms with E-state index in [9.17, 15) is 9.18 Å². The van der Waals surface area contributed by atoms with Crippen molar-refractivity contribution in [1.29, 1.82) is 0 Å². The molecule has 168 valence electrons. The van der Waals surface area contributed by atoms with Crippen LogP contribution in [0, 0.1) is 6.01 Å². The predicted octanol–water partition coefficient (Wildman–Crippen LogP) is 6.83. The molecule has 0 N–H and O–H groups in total. The molecule has 0 radical (unpaired) electrons. The van der Waals surface area contributed by atoms with Gasteiger partial charge in [0.1, 0.15) is 23.5 Å². The van der Waals surface area contributed by atoms with Crippen molar-refractivity contribution < 1.29 is 23.1 Å². The average molecular weight is 458 g/mol. The SMILES string of the molecule is CC(C)(C)OC(=O)N1CC=C(c2ccccc2OCc2ccc(Cl)c3cc(F)oc23)CC1. The summed E-state index contributed by atoms with van der Waals surface area (Å²) in [6.07, 6.45) is 2.40. The highest BCUT2D eigenvalue weighted by Crippen LogP contribution is 2.33. The van der Waals surface area contributed by atoms with E-state index in [0.29, 0.717) is 46.8 Å². The van der Waals surface area contributed by atoms with Crippen LogP contribution in [0.2, 0.25) is 5.02 Å². The molecular formula is C25H25ClFNO4. The molecule has 0 unspecified atom stereocenters. The van der Waals surface area contributed by atoms with Gasteiger partial charge in [-0.1, -0.05) is 41.9 Å². The molecule has 1 aliphatic heterocycles. The molecule has 4 rings (SSSR count). The number of halogens is 2. The van der Waals surface area contributed by atoms with Gasteiger partial charge in [-0.15, -0.1) is 0 Å². The summed E-state index contributed by atoms with van der Waals surface area (Å²) in [4.78, 5) is 14.0. The van der Waals surface area contributed by atoms with Crippen molar-refractivity contribution in [2.45, 2.75) is 39.4 Å². The van der Waals surface area contributed by atoms with Gasteiger partial charge in [0.05, 0.1) is 5.02 Å². The number of fused-ring (bicyclic) bond motifs is 1. The van der Waals surface area contributed by atoms with Crippen LogP contribution in [0.25, 0.3) is 16.5 Å². The average Bonchev–Trinajstić information content (AvgIpc) is 3.15. The molecule has 2 aromatic carbocycles. The van der Waals surface area contributed by atoms with Crippen molar-refractivity contribution in [3.05, 3.63) is 70.7 Å². The highest BCUT2D eigenvalue weighted by atomic mass is 35.5. The zero-order valence-electron chi connectivity index (χ0n) is 18.3. The molecule has 1 amide bonds. The maximum Gasteiger partial charge on any atom is 0.410 e. The number of nitrogens with zero attached hydrogens (tertiary/aromatic N) is 1. The van der Waals surface area contributed by atoms with Crippen LogP contribution in [0.4, 0.5) is 9.18 Å². The van der Waals surface area contributed by atoms with E-state index in [2.05, 4.69) is 0 Å². The Labute approximate surface area is 191 Å². The Hall–Kier alpha value is -2.99. The first-order chi connectivity index (χ1) is 15.2. The predicted molar refractivity (Wildman–Crippen MR) is 122 cm³/mol. The Balaban J connectivity index is 1.50. The van der Waals surface area contributed by atoms with Crippen LogP contribution in [-0.2, 0) is 11.3 Å². The fourth-order valence-electron chi connectivity index (χ4n) is 3.65. The normalized spacial score (nSPS) is 14.4. The Kier molecular flexibility index (Phi) is 6.15. The van der Waals surface area contributed by atoms with Gasteiger partial charge in [0, 0.05) is 35.7 Å². The van der Waals surface area contributed by atoms with E-state index in [1.807, 2.05) is 51.1 Å². The number of benzene rings is 2. The Morgan fingerprint density at radius 3 is 2.72 bits per heavy atom. The molecule has 2 heterocycles.